The monoisotopic (exact) mass is 352 g/mol. The lowest BCUT2D eigenvalue weighted by molar-refractivity contribution is 0.924. The zero-order valence-electron chi connectivity index (χ0n) is 14.7. The highest BCUT2D eigenvalue weighted by molar-refractivity contribution is 5.89. The minimum atomic E-state index is -0.256. The molecule has 0 unspecified atom stereocenters. The molecule has 2 aromatic heterocycles. The van der Waals surface area contributed by atoms with Gasteiger partial charge in [0, 0.05) is 18.4 Å². The van der Waals surface area contributed by atoms with Crippen molar-refractivity contribution in [2.24, 2.45) is 7.05 Å². The van der Waals surface area contributed by atoms with Crippen LogP contribution in [0.4, 0.5) is 0 Å². The van der Waals surface area contributed by atoms with Crippen LogP contribution >= 0.6 is 0 Å². The standard InChI is InChI=1S/C22H16N4O/c1-26-17(11-12-20(26)15-7-3-2-4-8-15)13-16(14-23)21-24-19-10-6-5-9-18(19)22(27)25-21/h2-13H,1H3,(H,24,25,27). The first kappa shape index (κ1) is 16.6. The number of nitriles is 1. The van der Waals surface area contributed by atoms with E-state index in [2.05, 4.69) is 16.0 Å². The molecule has 2 aromatic carbocycles. The number of benzene rings is 2. The molecule has 0 aliphatic heterocycles. The first-order valence-electron chi connectivity index (χ1n) is 8.50. The highest BCUT2D eigenvalue weighted by Gasteiger charge is 2.10. The fourth-order valence-electron chi connectivity index (χ4n) is 3.09. The van der Waals surface area contributed by atoms with E-state index in [0.717, 1.165) is 17.0 Å². The van der Waals surface area contributed by atoms with Gasteiger partial charge in [-0.05, 0) is 35.9 Å². The Bertz CT molecular complexity index is 1260. The van der Waals surface area contributed by atoms with Crippen molar-refractivity contribution < 1.29 is 0 Å². The third kappa shape index (κ3) is 3.05. The smallest absolute Gasteiger partial charge is 0.259 e. The first-order chi connectivity index (χ1) is 13.2. The Hall–Kier alpha value is -3.91. The van der Waals surface area contributed by atoms with Gasteiger partial charge in [-0.2, -0.15) is 5.26 Å². The maximum Gasteiger partial charge on any atom is 0.259 e. The summed E-state index contributed by atoms with van der Waals surface area (Å²) < 4.78 is 2.01. The van der Waals surface area contributed by atoms with Gasteiger partial charge in [-0.1, -0.05) is 42.5 Å². The van der Waals surface area contributed by atoms with Gasteiger partial charge in [0.2, 0.25) is 0 Å². The topological polar surface area (TPSA) is 74.5 Å². The zero-order chi connectivity index (χ0) is 18.8. The Kier molecular flexibility index (Phi) is 4.15. The largest absolute Gasteiger partial charge is 0.344 e. The van der Waals surface area contributed by atoms with Gasteiger partial charge in [-0.25, -0.2) is 4.98 Å². The van der Waals surface area contributed by atoms with Crippen molar-refractivity contribution in [3.05, 3.63) is 88.6 Å². The average molecular weight is 352 g/mol. The summed E-state index contributed by atoms with van der Waals surface area (Å²) in [6.45, 7) is 0. The molecule has 0 saturated heterocycles. The molecule has 27 heavy (non-hydrogen) atoms. The molecule has 0 aliphatic carbocycles. The summed E-state index contributed by atoms with van der Waals surface area (Å²) in [5, 5.41) is 10.1. The lowest BCUT2D eigenvalue weighted by Gasteiger charge is -2.06. The number of aromatic nitrogens is 3. The predicted molar refractivity (Wildman–Crippen MR) is 107 cm³/mol. The third-order valence-corrected chi connectivity index (χ3v) is 4.51. The minimum absolute atomic E-state index is 0.256. The summed E-state index contributed by atoms with van der Waals surface area (Å²) in [4.78, 5) is 19.4. The Balaban J connectivity index is 1.81. The minimum Gasteiger partial charge on any atom is -0.344 e. The third-order valence-electron chi connectivity index (χ3n) is 4.51. The van der Waals surface area contributed by atoms with E-state index in [-0.39, 0.29) is 11.4 Å². The second-order valence-electron chi connectivity index (χ2n) is 6.17. The van der Waals surface area contributed by atoms with Crippen molar-refractivity contribution in [1.29, 1.82) is 5.26 Å². The number of H-pyrrole nitrogens is 1. The molecule has 130 valence electrons. The normalized spacial score (nSPS) is 11.5. The lowest BCUT2D eigenvalue weighted by atomic mass is 10.2. The molecule has 0 amide bonds. The van der Waals surface area contributed by atoms with Crippen LogP contribution in [0.3, 0.4) is 0 Å². The van der Waals surface area contributed by atoms with Crippen LogP contribution in [0.25, 0.3) is 33.8 Å². The molecule has 0 atom stereocenters. The summed E-state index contributed by atoms with van der Waals surface area (Å²) in [7, 11) is 1.94. The summed E-state index contributed by atoms with van der Waals surface area (Å²) in [5.41, 5.74) is 3.59. The van der Waals surface area contributed by atoms with Gasteiger partial charge in [0.25, 0.3) is 5.56 Å². The molecular weight excluding hydrogens is 336 g/mol. The molecular formula is C22H16N4O. The van der Waals surface area contributed by atoms with Crippen LogP contribution in [0.15, 0.2) is 71.5 Å². The Morgan fingerprint density at radius 3 is 2.59 bits per heavy atom. The first-order valence-corrected chi connectivity index (χ1v) is 8.50. The fraction of sp³-hybridized carbons (Fsp3) is 0.0455. The van der Waals surface area contributed by atoms with Gasteiger partial charge in [0.1, 0.15) is 6.07 Å². The summed E-state index contributed by atoms with van der Waals surface area (Å²) >= 11 is 0. The van der Waals surface area contributed by atoms with Gasteiger partial charge < -0.3 is 9.55 Å². The van der Waals surface area contributed by atoms with E-state index < -0.39 is 0 Å². The zero-order valence-corrected chi connectivity index (χ0v) is 14.7. The fourth-order valence-corrected chi connectivity index (χ4v) is 3.09. The van der Waals surface area contributed by atoms with Crippen LogP contribution in [0.1, 0.15) is 11.5 Å². The Morgan fingerprint density at radius 2 is 1.81 bits per heavy atom. The molecule has 4 rings (SSSR count). The van der Waals surface area contributed by atoms with Crippen LogP contribution in [0, 0.1) is 11.3 Å². The van der Waals surface area contributed by atoms with Crippen LogP contribution in [0.2, 0.25) is 0 Å². The Labute approximate surface area is 155 Å². The number of allylic oxidation sites excluding steroid dienone is 1. The molecule has 4 aromatic rings. The second kappa shape index (κ2) is 6.77. The number of hydrogen-bond donors (Lipinski definition) is 1. The number of aromatic amines is 1. The van der Waals surface area contributed by atoms with Gasteiger partial charge >= 0.3 is 0 Å². The SMILES string of the molecule is Cn1c(C=C(C#N)c2nc3ccccc3c(=O)[nH]2)ccc1-c1ccccc1. The molecule has 5 heteroatoms. The molecule has 1 N–H and O–H groups in total. The molecule has 0 aliphatic rings. The molecule has 0 fully saturated rings. The molecule has 0 bridgehead atoms. The number of nitrogens with zero attached hydrogens (tertiary/aromatic N) is 3. The lowest BCUT2D eigenvalue weighted by Crippen LogP contribution is -2.11. The summed E-state index contributed by atoms with van der Waals surface area (Å²) in [6, 6.07) is 23.2. The van der Waals surface area contributed by atoms with Crippen molar-refractivity contribution >= 4 is 22.6 Å². The Morgan fingerprint density at radius 1 is 1.07 bits per heavy atom. The van der Waals surface area contributed by atoms with Gasteiger partial charge in [0.05, 0.1) is 16.5 Å². The van der Waals surface area contributed by atoms with Gasteiger partial charge in [-0.15, -0.1) is 0 Å². The van der Waals surface area contributed by atoms with E-state index in [9.17, 15) is 10.1 Å². The van der Waals surface area contributed by atoms with Crippen molar-refractivity contribution in [3.63, 3.8) is 0 Å². The summed E-state index contributed by atoms with van der Waals surface area (Å²) in [6.07, 6.45) is 1.74. The van der Waals surface area contributed by atoms with Crippen LogP contribution in [0.5, 0.6) is 0 Å². The van der Waals surface area contributed by atoms with E-state index in [4.69, 9.17) is 0 Å². The van der Waals surface area contributed by atoms with Crippen LogP contribution in [-0.2, 0) is 7.05 Å². The van der Waals surface area contributed by atoms with Crippen molar-refractivity contribution in [2.75, 3.05) is 0 Å². The second-order valence-corrected chi connectivity index (χ2v) is 6.17. The average Bonchev–Trinajstić information content (AvgIpc) is 3.07. The molecule has 0 saturated carbocycles. The molecule has 0 radical (unpaired) electrons. The van der Waals surface area contributed by atoms with E-state index in [0.29, 0.717) is 16.5 Å². The van der Waals surface area contributed by atoms with Crippen LogP contribution < -0.4 is 5.56 Å². The number of nitrogens with one attached hydrogen (secondary N) is 1. The quantitative estimate of drug-likeness (QED) is 0.567. The van der Waals surface area contributed by atoms with Crippen molar-refractivity contribution in [1.82, 2.24) is 14.5 Å². The van der Waals surface area contributed by atoms with Crippen LogP contribution in [-0.4, -0.2) is 14.5 Å². The van der Waals surface area contributed by atoms with E-state index >= 15 is 0 Å². The maximum absolute atomic E-state index is 12.3. The van der Waals surface area contributed by atoms with Gasteiger partial charge in [-0.3, -0.25) is 4.79 Å². The highest BCUT2D eigenvalue weighted by Crippen LogP contribution is 2.24. The van der Waals surface area contributed by atoms with E-state index in [1.807, 2.05) is 60.1 Å². The molecule has 0 spiro atoms. The van der Waals surface area contributed by atoms with Gasteiger partial charge in [0.15, 0.2) is 5.82 Å². The molecule has 2 heterocycles. The van der Waals surface area contributed by atoms with Crippen molar-refractivity contribution in [3.8, 4) is 17.3 Å². The maximum atomic E-state index is 12.3. The van der Waals surface area contributed by atoms with E-state index in [1.165, 1.54) is 0 Å². The molecule has 5 nitrogen and oxygen atoms in total. The summed E-state index contributed by atoms with van der Waals surface area (Å²) in [5.74, 6) is 0.267. The number of rotatable bonds is 3. The number of hydrogen-bond acceptors (Lipinski definition) is 3. The number of fused-ring (bicyclic) bond motifs is 1. The number of para-hydroxylation sites is 1. The van der Waals surface area contributed by atoms with E-state index in [1.54, 1.807) is 24.3 Å². The highest BCUT2D eigenvalue weighted by atomic mass is 16.1. The van der Waals surface area contributed by atoms with Crippen molar-refractivity contribution in [2.45, 2.75) is 0 Å². The predicted octanol–water partition coefficient (Wildman–Crippen LogP) is 3.99.